The largest absolute Gasteiger partial charge is 0.469 e. The number of ether oxygens (including phenoxy) is 1. The second kappa shape index (κ2) is 4.94. The molecule has 0 aliphatic carbocycles. The summed E-state index contributed by atoms with van der Waals surface area (Å²) in [6.07, 6.45) is 1.37. The molecule has 0 N–H and O–H groups in total. The van der Waals surface area contributed by atoms with E-state index in [-0.39, 0.29) is 23.9 Å². The summed E-state index contributed by atoms with van der Waals surface area (Å²) in [7, 11) is 1.30. The molecule has 0 saturated heterocycles. The fourth-order valence-corrected chi connectivity index (χ4v) is 1.29. The van der Waals surface area contributed by atoms with Gasteiger partial charge in [0.2, 0.25) is 0 Å². The van der Waals surface area contributed by atoms with Gasteiger partial charge in [-0.3, -0.25) is 4.79 Å². The molecule has 0 aliphatic rings. The number of hydrogen-bond donors (Lipinski definition) is 0. The summed E-state index contributed by atoms with van der Waals surface area (Å²) < 4.78 is 6.04. The lowest BCUT2D eigenvalue weighted by atomic mass is 10.2. The first-order chi connectivity index (χ1) is 7.63. The Morgan fingerprint density at radius 3 is 2.81 bits per heavy atom. The van der Waals surface area contributed by atoms with Gasteiger partial charge in [0, 0.05) is 6.54 Å². The average molecular weight is 218 g/mol. The third kappa shape index (κ3) is 2.18. The number of nitrogens with zero attached hydrogens (tertiary/aromatic N) is 4. The maximum absolute atomic E-state index is 11.2. The van der Waals surface area contributed by atoms with Crippen molar-refractivity contribution in [2.45, 2.75) is 13.5 Å². The third-order valence-electron chi connectivity index (χ3n) is 2.12. The quantitative estimate of drug-likeness (QED) is 0.686. The molecule has 0 amide bonds. The molecule has 1 aromatic heterocycles. The van der Waals surface area contributed by atoms with Crippen molar-refractivity contribution < 1.29 is 9.53 Å². The van der Waals surface area contributed by atoms with Crippen LogP contribution in [-0.4, -0.2) is 22.6 Å². The Bertz CT molecular complexity index is 478. The van der Waals surface area contributed by atoms with Crippen LogP contribution in [0.1, 0.15) is 18.3 Å². The predicted octanol–water partition coefficient (Wildman–Crippen LogP) is 0.436. The Hall–Kier alpha value is -2.34. The van der Waals surface area contributed by atoms with Crippen molar-refractivity contribution in [1.29, 1.82) is 10.5 Å². The highest BCUT2D eigenvalue weighted by molar-refractivity contribution is 5.71. The first-order valence-electron chi connectivity index (χ1n) is 4.57. The van der Waals surface area contributed by atoms with E-state index in [0.29, 0.717) is 0 Å². The van der Waals surface area contributed by atoms with E-state index >= 15 is 0 Å². The highest BCUT2D eigenvalue weighted by atomic mass is 16.5. The van der Waals surface area contributed by atoms with Gasteiger partial charge in [0.25, 0.3) is 0 Å². The Balaban J connectivity index is 2.91. The van der Waals surface area contributed by atoms with Crippen LogP contribution in [0.15, 0.2) is 6.33 Å². The highest BCUT2D eigenvalue weighted by Gasteiger charge is 2.17. The zero-order valence-electron chi connectivity index (χ0n) is 8.97. The minimum absolute atomic E-state index is 0.0690. The van der Waals surface area contributed by atoms with E-state index in [1.54, 1.807) is 6.92 Å². The van der Waals surface area contributed by atoms with Crippen molar-refractivity contribution in [3.63, 3.8) is 0 Å². The third-order valence-corrected chi connectivity index (χ3v) is 2.12. The Morgan fingerprint density at radius 2 is 2.31 bits per heavy atom. The van der Waals surface area contributed by atoms with Gasteiger partial charge < -0.3 is 9.30 Å². The van der Waals surface area contributed by atoms with Gasteiger partial charge in [0.05, 0.1) is 19.4 Å². The fourth-order valence-electron chi connectivity index (χ4n) is 1.29. The average Bonchev–Trinajstić information content (AvgIpc) is 2.69. The van der Waals surface area contributed by atoms with Crippen molar-refractivity contribution in [3.8, 4) is 12.1 Å². The van der Waals surface area contributed by atoms with Crippen molar-refractivity contribution in [2.24, 2.45) is 5.92 Å². The van der Waals surface area contributed by atoms with Crippen LogP contribution in [0.4, 0.5) is 0 Å². The Morgan fingerprint density at radius 1 is 1.62 bits per heavy atom. The minimum Gasteiger partial charge on any atom is -0.469 e. The molecule has 0 fully saturated rings. The molecule has 1 unspecified atom stereocenters. The van der Waals surface area contributed by atoms with Crippen LogP contribution in [-0.2, 0) is 16.1 Å². The summed E-state index contributed by atoms with van der Waals surface area (Å²) >= 11 is 0. The maximum atomic E-state index is 11.2. The molecule has 1 rings (SSSR count). The van der Waals surface area contributed by atoms with E-state index in [9.17, 15) is 4.79 Å². The monoisotopic (exact) mass is 218 g/mol. The SMILES string of the molecule is COC(=O)C(C)Cn1cnc(C#N)c1C#N. The molecule has 0 saturated carbocycles. The van der Waals surface area contributed by atoms with Gasteiger partial charge in [-0.25, -0.2) is 4.98 Å². The summed E-state index contributed by atoms with van der Waals surface area (Å²) in [5.74, 6) is -0.756. The van der Waals surface area contributed by atoms with Crippen LogP contribution in [0, 0.1) is 28.6 Å². The standard InChI is InChI=1S/C10H10N4O2/c1-7(10(15)16-2)5-14-6-13-8(3-11)9(14)4-12/h6-7H,5H2,1-2H3. The van der Waals surface area contributed by atoms with E-state index in [2.05, 4.69) is 9.72 Å². The number of esters is 1. The second-order valence-electron chi connectivity index (χ2n) is 3.24. The summed E-state index contributed by atoms with van der Waals surface area (Å²) in [6, 6.07) is 3.70. The van der Waals surface area contributed by atoms with E-state index in [4.69, 9.17) is 10.5 Å². The number of rotatable bonds is 3. The molecule has 0 spiro atoms. The van der Waals surface area contributed by atoms with Crippen LogP contribution < -0.4 is 0 Å². The predicted molar refractivity (Wildman–Crippen MR) is 52.8 cm³/mol. The lowest BCUT2D eigenvalue weighted by molar-refractivity contribution is -0.145. The molecule has 16 heavy (non-hydrogen) atoms. The number of carbonyl (C=O) groups excluding carboxylic acids is 1. The zero-order chi connectivity index (χ0) is 12.1. The van der Waals surface area contributed by atoms with Gasteiger partial charge in [0.1, 0.15) is 12.1 Å². The van der Waals surface area contributed by atoms with Crippen LogP contribution in [0.5, 0.6) is 0 Å². The van der Waals surface area contributed by atoms with E-state index < -0.39 is 5.92 Å². The van der Waals surface area contributed by atoms with Crippen molar-refractivity contribution in [1.82, 2.24) is 9.55 Å². The van der Waals surface area contributed by atoms with Crippen LogP contribution in [0.2, 0.25) is 0 Å². The van der Waals surface area contributed by atoms with E-state index in [1.165, 1.54) is 18.0 Å². The fraction of sp³-hybridized carbons (Fsp3) is 0.400. The number of nitriles is 2. The Labute approximate surface area is 92.7 Å². The Kier molecular flexibility index (Phi) is 3.62. The molecule has 6 heteroatoms. The highest BCUT2D eigenvalue weighted by Crippen LogP contribution is 2.09. The number of aromatic nitrogens is 2. The normalized spacial score (nSPS) is 11.2. The lowest BCUT2D eigenvalue weighted by Gasteiger charge is -2.09. The van der Waals surface area contributed by atoms with Gasteiger partial charge in [-0.2, -0.15) is 10.5 Å². The van der Waals surface area contributed by atoms with Crippen LogP contribution in [0.25, 0.3) is 0 Å². The summed E-state index contributed by atoms with van der Waals surface area (Å²) in [6.45, 7) is 1.95. The number of methoxy groups -OCH3 is 1. The second-order valence-corrected chi connectivity index (χ2v) is 3.24. The first kappa shape index (κ1) is 11.7. The van der Waals surface area contributed by atoms with E-state index in [0.717, 1.165) is 0 Å². The molecule has 0 bridgehead atoms. The number of hydrogen-bond acceptors (Lipinski definition) is 5. The first-order valence-corrected chi connectivity index (χ1v) is 4.57. The van der Waals surface area contributed by atoms with Crippen molar-refractivity contribution >= 4 is 5.97 Å². The van der Waals surface area contributed by atoms with Crippen LogP contribution >= 0.6 is 0 Å². The molecule has 0 aromatic carbocycles. The smallest absolute Gasteiger partial charge is 0.310 e. The molecule has 1 atom stereocenters. The molecule has 6 nitrogen and oxygen atoms in total. The van der Waals surface area contributed by atoms with Gasteiger partial charge in [-0.05, 0) is 0 Å². The molecule has 0 radical (unpaired) electrons. The number of imidazole rings is 1. The zero-order valence-corrected chi connectivity index (χ0v) is 8.97. The summed E-state index contributed by atoms with van der Waals surface area (Å²) in [5, 5.41) is 17.5. The molecule has 1 aromatic rings. The lowest BCUT2D eigenvalue weighted by Crippen LogP contribution is -2.19. The molecule has 1 heterocycles. The summed E-state index contributed by atoms with van der Waals surface area (Å²) in [4.78, 5) is 15.0. The topological polar surface area (TPSA) is 91.7 Å². The van der Waals surface area contributed by atoms with Gasteiger partial charge >= 0.3 is 5.97 Å². The van der Waals surface area contributed by atoms with Crippen molar-refractivity contribution in [2.75, 3.05) is 7.11 Å². The van der Waals surface area contributed by atoms with Crippen LogP contribution in [0.3, 0.4) is 0 Å². The van der Waals surface area contributed by atoms with Crippen molar-refractivity contribution in [3.05, 3.63) is 17.7 Å². The molecular weight excluding hydrogens is 208 g/mol. The van der Waals surface area contributed by atoms with E-state index in [1.807, 2.05) is 12.1 Å². The van der Waals surface area contributed by atoms with Gasteiger partial charge in [-0.1, -0.05) is 6.92 Å². The van der Waals surface area contributed by atoms with Gasteiger partial charge in [0.15, 0.2) is 11.4 Å². The minimum atomic E-state index is -0.391. The van der Waals surface area contributed by atoms with Gasteiger partial charge in [-0.15, -0.1) is 0 Å². The molecular formula is C10H10N4O2. The number of carbonyl (C=O) groups is 1. The molecule has 82 valence electrons. The molecule has 0 aliphatic heterocycles. The summed E-state index contributed by atoms with van der Waals surface area (Å²) in [5.41, 5.74) is 0.234. The maximum Gasteiger partial charge on any atom is 0.310 e.